The molecule has 0 saturated carbocycles. The summed E-state index contributed by atoms with van der Waals surface area (Å²) in [5.74, 6) is 0.0835. The minimum Gasteiger partial charge on any atom is -0.409 e. The number of nitrogens with zero attached hydrogens (tertiary/aromatic N) is 2. The van der Waals surface area contributed by atoms with E-state index in [4.69, 9.17) is 10.9 Å². The van der Waals surface area contributed by atoms with Crippen LogP contribution in [0.15, 0.2) is 34.6 Å². The highest BCUT2D eigenvalue weighted by atomic mass is 16.6. The zero-order valence-electron chi connectivity index (χ0n) is 7.71. The Kier molecular flexibility index (Phi) is 3.49. The van der Waals surface area contributed by atoms with Crippen LogP contribution in [0.25, 0.3) is 0 Å². The molecule has 0 heterocycles. The first-order chi connectivity index (χ1) is 6.77. The van der Waals surface area contributed by atoms with Gasteiger partial charge in [0, 0.05) is 5.56 Å². The van der Waals surface area contributed by atoms with Gasteiger partial charge in [-0.05, 0) is 5.56 Å². The molecule has 1 aromatic carbocycles. The van der Waals surface area contributed by atoms with Gasteiger partial charge < -0.3 is 15.8 Å². The molecule has 0 aliphatic carbocycles. The van der Waals surface area contributed by atoms with E-state index in [9.17, 15) is 0 Å². The van der Waals surface area contributed by atoms with Gasteiger partial charge in [0.05, 0.1) is 6.21 Å². The summed E-state index contributed by atoms with van der Waals surface area (Å²) in [6.45, 7) is 0. The van der Waals surface area contributed by atoms with E-state index < -0.39 is 0 Å². The van der Waals surface area contributed by atoms with Crippen molar-refractivity contribution in [1.82, 2.24) is 0 Å². The van der Waals surface area contributed by atoms with E-state index in [0.29, 0.717) is 5.56 Å². The molecule has 0 unspecified atom stereocenters. The van der Waals surface area contributed by atoms with Crippen LogP contribution in [0.1, 0.15) is 11.1 Å². The summed E-state index contributed by atoms with van der Waals surface area (Å²) < 4.78 is 0. The maximum atomic E-state index is 8.42. The van der Waals surface area contributed by atoms with Gasteiger partial charge in [-0.1, -0.05) is 34.6 Å². The van der Waals surface area contributed by atoms with Crippen molar-refractivity contribution in [1.29, 1.82) is 0 Å². The van der Waals surface area contributed by atoms with E-state index in [2.05, 4.69) is 15.1 Å². The van der Waals surface area contributed by atoms with Gasteiger partial charge in [0.2, 0.25) is 0 Å². The molecule has 5 nitrogen and oxygen atoms in total. The summed E-state index contributed by atoms with van der Waals surface area (Å²) in [4.78, 5) is 4.53. The van der Waals surface area contributed by atoms with Crippen LogP contribution in [0.4, 0.5) is 0 Å². The second-order valence-electron chi connectivity index (χ2n) is 2.52. The fraction of sp³-hybridized carbons (Fsp3) is 0.111. The molecule has 0 bridgehead atoms. The fourth-order valence-corrected chi connectivity index (χ4v) is 0.911. The summed E-state index contributed by atoms with van der Waals surface area (Å²) in [7, 11) is 1.47. The van der Waals surface area contributed by atoms with E-state index in [-0.39, 0.29) is 5.84 Å². The maximum Gasteiger partial charge on any atom is 0.170 e. The number of rotatable bonds is 3. The quantitative estimate of drug-likeness (QED) is 0.322. The highest BCUT2D eigenvalue weighted by molar-refractivity contribution is 5.97. The molecule has 1 aromatic rings. The van der Waals surface area contributed by atoms with Gasteiger partial charge in [0.15, 0.2) is 5.84 Å². The third kappa shape index (κ3) is 2.48. The largest absolute Gasteiger partial charge is 0.409 e. The lowest BCUT2D eigenvalue weighted by Gasteiger charge is -1.98. The van der Waals surface area contributed by atoms with Crippen molar-refractivity contribution in [3.05, 3.63) is 35.4 Å². The van der Waals surface area contributed by atoms with Gasteiger partial charge in [0.25, 0.3) is 0 Å². The summed E-state index contributed by atoms with van der Waals surface area (Å²) in [6.07, 6.45) is 1.57. The smallest absolute Gasteiger partial charge is 0.170 e. The lowest BCUT2D eigenvalue weighted by atomic mass is 10.1. The standard InChI is InChI=1S/C9H11N3O2/c1-14-11-6-7-2-4-8(5-3-7)9(10)12-13/h2-6,13H,1H3,(H2,10,12). The Balaban J connectivity index is 2.84. The number of hydrogen-bond acceptors (Lipinski definition) is 4. The number of amidine groups is 1. The Morgan fingerprint density at radius 1 is 1.43 bits per heavy atom. The van der Waals surface area contributed by atoms with Crippen LogP contribution in [0.3, 0.4) is 0 Å². The van der Waals surface area contributed by atoms with Crippen molar-refractivity contribution >= 4 is 12.1 Å². The molecule has 14 heavy (non-hydrogen) atoms. The number of nitrogens with two attached hydrogens (primary N) is 1. The van der Waals surface area contributed by atoms with E-state index in [1.165, 1.54) is 7.11 Å². The molecule has 74 valence electrons. The zero-order valence-corrected chi connectivity index (χ0v) is 7.71. The van der Waals surface area contributed by atoms with Crippen molar-refractivity contribution < 1.29 is 10.0 Å². The summed E-state index contributed by atoms with van der Waals surface area (Å²) in [5.41, 5.74) is 6.92. The van der Waals surface area contributed by atoms with Crippen LogP contribution >= 0.6 is 0 Å². The van der Waals surface area contributed by atoms with E-state index in [1.54, 1.807) is 30.5 Å². The summed E-state index contributed by atoms with van der Waals surface area (Å²) in [6, 6.07) is 7.03. The highest BCUT2D eigenvalue weighted by Gasteiger charge is 1.97. The molecule has 0 radical (unpaired) electrons. The average Bonchev–Trinajstić information content (AvgIpc) is 2.26. The van der Waals surface area contributed by atoms with Gasteiger partial charge >= 0.3 is 0 Å². The first-order valence-corrected chi connectivity index (χ1v) is 3.92. The van der Waals surface area contributed by atoms with Gasteiger partial charge in [-0.2, -0.15) is 0 Å². The van der Waals surface area contributed by atoms with Gasteiger partial charge in [0.1, 0.15) is 7.11 Å². The molecule has 0 aliphatic rings. The van der Waals surface area contributed by atoms with Crippen molar-refractivity contribution in [3.8, 4) is 0 Å². The number of benzene rings is 1. The third-order valence-corrected chi connectivity index (χ3v) is 1.62. The molecule has 3 N–H and O–H groups in total. The summed E-state index contributed by atoms with van der Waals surface area (Å²) in [5, 5.41) is 14.9. The van der Waals surface area contributed by atoms with Crippen LogP contribution in [0.5, 0.6) is 0 Å². The Morgan fingerprint density at radius 3 is 2.57 bits per heavy atom. The van der Waals surface area contributed by atoms with E-state index in [0.717, 1.165) is 5.56 Å². The molecule has 0 aromatic heterocycles. The molecular weight excluding hydrogens is 182 g/mol. The first-order valence-electron chi connectivity index (χ1n) is 3.92. The predicted molar refractivity (Wildman–Crippen MR) is 53.6 cm³/mol. The van der Waals surface area contributed by atoms with Crippen LogP contribution in [0, 0.1) is 0 Å². The Morgan fingerprint density at radius 2 is 2.07 bits per heavy atom. The molecule has 0 saturated heterocycles. The Labute approximate surface area is 81.5 Å². The molecule has 0 amide bonds. The van der Waals surface area contributed by atoms with Crippen molar-refractivity contribution in [2.45, 2.75) is 0 Å². The first kappa shape index (κ1) is 10.0. The van der Waals surface area contributed by atoms with Crippen LogP contribution < -0.4 is 5.73 Å². The van der Waals surface area contributed by atoms with Crippen LogP contribution in [-0.2, 0) is 4.84 Å². The van der Waals surface area contributed by atoms with Crippen molar-refractivity contribution in [2.24, 2.45) is 16.0 Å². The molecule has 5 heteroatoms. The zero-order chi connectivity index (χ0) is 10.4. The SMILES string of the molecule is CON=Cc1ccc(C(N)=NO)cc1. The average molecular weight is 193 g/mol. The fourth-order valence-electron chi connectivity index (χ4n) is 0.911. The third-order valence-electron chi connectivity index (χ3n) is 1.62. The Hall–Kier alpha value is -2.04. The van der Waals surface area contributed by atoms with Gasteiger partial charge in [-0.25, -0.2) is 0 Å². The molecule has 0 aliphatic heterocycles. The van der Waals surface area contributed by atoms with Crippen LogP contribution in [0.2, 0.25) is 0 Å². The van der Waals surface area contributed by atoms with Crippen molar-refractivity contribution in [3.63, 3.8) is 0 Å². The molecular formula is C9H11N3O2. The van der Waals surface area contributed by atoms with Crippen LogP contribution in [-0.4, -0.2) is 24.4 Å². The second-order valence-corrected chi connectivity index (χ2v) is 2.52. The summed E-state index contributed by atoms with van der Waals surface area (Å²) >= 11 is 0. The maximum absolute atomic E-state index is 8.42. The molecule has 0 atom stereocenters. The molecule has 0 fully saturated rings. The lowest BCUT2D eigenvalue weighted by Crippen LogP contribution is -2.12. The minimum absolute atomic E-state index is 0.0835. The van der Waals surface area contributed by atoms with Gasteiger partial charge in [-0.15, -0.1) is 0 Å². The highest BCUT2D eigenvalue weighted by Crippen LogP contribution is 2.02. The number of oxime groups is 2. The van der Waals surface area contributed by atoms with E-state index in [1.807, 2.05) is 0 Å². The minimum atomic E-state index is 0.0835. The lowest BCUT2D eigenvalue weighted by molar-refractivity contribution is 0.215. The topological polar surface area (TPSA) is 80.2 Å². The predicted octanol–water partition coefficient (Wildman–Crippen LogP) is 0.761. The molecule has 0 spiro atoms. The number of hydrogen-bond donors (Lipinski definition) is 2. The monoisotopic (exact) mass is 193 g/mol. The normalized spacial score (nSPS) is 11.9. The van der Waals surface area contributed by atoms with E-state index >= 15 is 0 Å². The Bertz CT molecular complexity index is 344. The molecule has 1 rings (SSSR count). The van der Waals surface area contributed by atoms with Gasteiger partial charge in [-0.3, -0.25) is 0 Å². The second kappa shape index (κ2) is 4.86. The van der Waals surface area contributed by atoms with Crippen molar-refractivity contribution in [2.75, 3.05) is 7.11 Å².